The van der Waals surface area contributed by atoms with E-state index in [1.807, 2.05) is 6.92 Å². The van der Waals surface area contributed by atoms with Crippen molar-refractivity contribution in [3.63, 3.8) is 0 Å². The Balaban J connectivity index is 2.97. The molecule has 1 aromatic rings. The average molecular weight is 232 g/mol. The number of hydrogen-bond acceptors (Lipinski definition) is 3. The third-order valence-electron chi connectivity index (χ3n) is 1.58. The van der Waals surface area contributed by atoms with Crippen LogP contribution in [-0.2, 0) is 0 Å². The zero-order valence-electron chi connectivity index (χ0n) is 7.70. The normalized spacial score (nSPS) is 10.1. The van der Waals surface area contributed by atoms with E-state index in [1.165, 1.54) is 23.9 Å². The first kappa shape index (κ1) is 11.3. The van der Waals surface area contributed by atoms with Gasteiger partial charge in [0.2, 0.25) is 0 Å². The first-order valence-corrected chi connectivity index (χ1v) is 5.58. The topological polar surface area (TPSA) is 43.1 Å². The van der Waals surface area contributed by atoms with Gasteiger partial charge in [-0.2, -0.15) is 0 Å². The van der Waals surface area contributed by atoms with Gasteiger partial charge in [0.25, 0.3) is 5.69 Å². The van der Waals surface area contributed by atoms with E-state index in [9.17, 15) is 10.1 Å². The van der Waals surface area contributed by atoms with E-state index in [-0.39, 0.29) is 10.6 Å². The van der Waals surface area contributed by atoms with Gasteiger partial charge in [-0.15, -0.1) is 11.8 Å². The van der Waals surface area contributed by atoms with Gasteiger partial charge >= 0.3 is 0 Å². The molecule has 1 rings (SSSR count). The van der Waals surface area contributed by atoms with Gasteiger partial charge in [0.15, 0.2) is 0 Å². The van der Waals surface area contributed by atoms with Gasteiger partial charge in [-0.25, -0.2) is 0 Å². The molecular weight excluding hydrogens is 222 g/mol. The predicted molar refractivity (Wildman–Crippen MR) is 59.1 cm³/mol. The molecule has 0 atom stereocenters. The molecule has 0 unspecified atom stereocenters. The number of halogens is 1. The van der Waals surface area contributed by atoms with Gasteiger partial charge in [-0.05, 0) is 24.3 Å². The second kappa shape index (κ2) is 5.22. The number of rotatable bonds is 4. The maximum Gasteiger partial charge on any atom is 0.282 e. The summed E-state index contributed by atoms with van der Waals surface area (Å²) in [6.45, 7) is 2.03. The van der Waals surface area contributed by atoms with E-state index in [2.05, 4.69) is 0 Å². The number of hydrogen-bond donors (Lipinski definition) is 0. The molecule has 0 fully saturated rings. The fraction of sp³-hybridized carbons (Fsp3) is 0.333. The monoisotopic (exact) mass is 231 g/mol. The summed E-state index contributed by atoms with van der Waals surface area (Å²) in [6, 6.07) is 4.62. The molecule has 5 heteroatoms. The molecule has 0 bridgehead atoms. The third kappa shape index (κ3) is 2.89. The van der Waals surface area contributed by atoms with Crippen LogP contribution in [0, 0.1) is 10.1 Å². The first-order valence-electron chi connectivity index (χ1n) is 4.22. The summed E-state index contributed by atoms with van der Waals surface area (Å²) in [4.78, 5) is 10.9. The molecule has 0 amide bonds. The minimum Gasteiger partial charge on any atom is -0.258 e. The lowest BCUT2D eigenvalue weighted by atomic mass is 10.3. The Labute approximate surface area is 91.6 Å². The smallest absolute Gasteiger partial charge is 0.258 e. The van der Waals surface area contributed by atoms with Gasteiger partial charge < -0.3 is 0 Å². The Hall–Kier alpha value is -0.740. The van der Waals surface area contributed by atoms with Gasteiger partial charge in [0.05, 0.1) is 9.82 Å². The summed E-state index contributed by atoms with van der Waals surface area (Å²) in [5, 5.41) is 11.2. The van der Waals surface area contributed by atoms with Crippen molar-refractivity contribution >= 4 is 29.1 Å². The van der Waals surface area contributed by atoms with Crippen LogP contribution >= 0.6 is 23.4 Å². The Kier molecular flexibility index (Phi) is 4.22. The highest BCUT2D eigenvalue weighted by Crippen LogP contribution is 2.31. The maximum absolute atomic E-state index is 10.6. The summed E-state index contributed by atoms with van der Waals surface area (Å²) in [7, 11) is 0. The summed E-state index contributed by atoms with van der Waals surface area (Å²) in [6.07, 6.45) is 0.980. The zero-order chi connectivity index (χ0) is 10.6. The van der Waals surface area contributed by atoms with Crippen LogP contribution in [0.1, 0.15) is 13.3 Å². The molecule has 0 saturated carbocycles. The molecule has 0 saturated heterocycles. The molecule has 0 aliphatic heterocycles. The zero-order valence-corrected chi connectivity index (χ0v) is 9.27. The molecule has 76 valence electrons. The Morgan fingerprint density at radius 2 is 2.29 bits per heavy atom. The van der Waals surface area contributed by atoms with E-state index in [0.29, 0.717) is 9.92 Å². The van der Waals surface area contributed by atoms with E-state index >= 15 is 0 Å². The van der Waals surface area contributed by atoms with Gasteiger partial charge in [-0.1, -0.05) is 18.5 Å². The van der Waals surface area contributed by atoms with Crippen LogP contribution in [0.2, 0.25) is 5.02 Å². The molecule has 3 nitrogen and oxygen atoms in total. The van der Waals surface area contributed by atoms with Crippen LogP contribution in [0.3, 0.4) is 0 Å². The van der Waals surface area contributed by atoms with Crippen molar-refractivity contribution in [2.24, 2.45) is 0 Å². The molecule has 14 heavy (non-hydrogen) atoms. The van der Waals surface area contributed by atoms with Gasteiger partial charge in [0, 0.05) is 11.1 Å². The summed E-state index contributed by atoms with van der Waals surface area (Å²) in [5.41, 5.74) is 0.132. The van der Waals surface area contributed by atoms with Crippen molar-refractivity contribution < 1.29 is 4.92 Å². The summed E-state index contributed by atoms with van der Waals surface area (Å²) >= 11 is 7.23. The molecular formula is C9H10ClNO2S. The van der Waals surface area contributed by atoms with Crippen LogP contribution in [-0.4, -0.2) is 10.7 Å². The fourth-order valence-corrected chi connectivity index (χ4v) is 2.13. The summed E-state index contributed by atoms with van der Waals surface area (Å²) < 4.78 is 0. The van der Waals surface area contributed by atoms with Crippen molar-refractivity contribution in [2.75, 3.05) is 5.75 Å². The molecule has 0 heterocycles. The number of thioether (sulfide) groups is 1. The van der Waals surface area contributed by atoms with Crippen LogP contribution in [0.4, 0.5) is 5.69 Å². The second-order valence-electron chi connectivity index (χ2n) is 2.72. The van der Waals surface area contributed by atoms with E-state index in [1.54, 1.807) is 6.07 Å². The van der Waals surface area contributed by atoms with Crippen molar-refractivity contribution in [2.45, 2.75) is 18.2 Å². The lowest BCUT2D eigenvalue weighted by Gasteiger charge is -2.01. The largest absolute Gasteiger partial charge is 0.282 e. The van der Waals surface area contributed by atoms with Gasteiger partial charge in [-0.3, -0.25) is 10.1 Å². The van der Waals surface area contributed by atoms with Crippen molar-refractivity contribution in [1.82, 2.24) is 0 Å². The van der Waals surface area contributed by atoms with E-state index in [4.69, 9.17) is 11.6 Å². The SMILES string of the molecule is CCCSc1cc(Cl)ccc1[N+](=O)[O-]. The molecule has 0 aliphatic carbocycles. The Bertz CT molecular complexity index is 344. The number of benzene rings is 1. The lowest BCUT2D eigenvalue weighted by molar-refractivity contribution is -0.387. The highest BCUT2D eigenvalue weighted by molar-refractivity contribution is 7.99. The standard InChI is InChI=1S/C9H10ClNO2S/c1-2-5-14-9-6-7(10)3-4-8(9)11(12)13/h3-4,6H,2,5H2,1H3. The molecule has 0 N–H and O–H groups in total. The minimum absolute atomic E-state index is 0.132. The number of nitrogens with zero attached hydrogens (tertiary/aromatic N) is 1. The second-order valence-corrected chi connectivity index (χ2v) is 4.29. The predicted octanol–water partition coefficient (Wildman–Crippen LogP) is 3.75. The summed E-state index contributed by atoms with van der Waals surface area (Å²) in [5.74, 6) is 0.862. The average Bonchev–Trinajstić information content (AvgIpc) is 2.14. The lowest BCUT2D eigenvalue weighted by Crippen LogP contribution is -1.91. The van der Waals surface area contributed by atoms with Crippen LogP contribution < -0.4 is 0 Å². The van der Waals surface area contributed by atoms with Gasteiger partial charge in [0.1, 0.15) is 0 Å². The van der Waals surface area contributed by atoms with Crippen molar-refractivity contribution in [3.8, 4) is 0 Å². The quantitative estimate of drug-likeness (QED) is 0.450. The van der Waals surface area contributed by atoms with E-state index in [0.717, 1.165) is 12.2 Å². The van der Waals surface area contributed by atoms with Crippen LogP contribution in [0.15, 0.2) is 23.1 Å². The highest BCUT2D eigenvalue weighted by atomic mass is 35.5. The van der Waals surface area contributed by atoms with E-state index < -0.39 is 0 Å². The Morgan fingerprint density at radius 3 is 2.86 bits per heavy atom. The van der Waals surface area contributed by atoms with Crippen LogP contribution in [0.25, 0.3) is 0 Å². The highest BCUT2D eigenvalue weighted by Gasteiger charge is 2.13. The molecule has 0 aromatic heterocycles. The third-order valence-corrected chi connectivity index (χ3v) is 3.07. The van der Waals surface area contributed by atoms with Crippen molar-refractivity contribution in [3.05, 3.63) is 33.3 Å². The van der Waals surface area contributed by atoms with Crippen molar-refractivity contribution in [1.29, 1.82) is 0 Å². The Morgan fingerprint density at radius 1 is 1.57 bits per heavy atom. The molecule has 1 aromatic carbocycles. The molecule has 0 radical (unpaired) electrons. The molecule has 0 aliphatic rings. The number of nitro groups is 1. The first-order chi connectivity index (χ1) is 6.65. The van der Waals surface area contributed by atoms with Crippen LogP contribution in [0.5, 0.6) is 0 Å². The minimum atomic E-state index is -0.381. The fourth-order valence-electron chi connectivity index (χ4n) is 0.966. The number of nitro benzene ring substituents is 1. The maximum atomic E-state index is 10.6. The molecule has 0 spiro atoms.